The molecule has 26 heavy (non-hydrogen) atoms. The second-order valence-corrected chi connectivity index (χ2v) is 6.56. The number of esters is 1. The standard InChI is InChI=1S/C19H15N3O3S/c20-11-13-5-1-2-6-14(13)21-17(23)12-25-19(24)10-9-18-22-15-7-3-4-8-16(15)26-18/h1-8H,9-10,12H2,(H,21,23). The summed E-state index contributed by atoms with van der Waals surface area (Å²) in [5.74, 6) is -0.950. The van der Waals surface area contributed by atoms with Crippen LogP contribution in [0, 0.1) is 11.3 Å². The number of para-hydroxylation sites is 2. The minimum atomic E-state index is -0.485. The van der Waals surface area contributed by atoms with E-state index in [1.807, 2.05) is 30.3 Å². The van der Waals surface area contributed by atoms with E-state index in [-0.39, 0.29) is 6.42 Å². The topological polar surface area (TPSA) is 92.1 Å². The molecule has 0 spiro atoms. The zero-order valence-corrected chi connectivity index (χ0v) is 14.6. The molecule has 3 rings (SSSR count). The Morgan fingerprint density at radius 3 is 2.73 bits per heavy atom. The lowest BCUT2D eigenvalue weighted by Crippen LogP contribution is -2.21. The summed E-state index contributed by atoms with van der Waals surface area (Å²) in [7, 11) is 0. The summed E-state index contributed by atoms with van der Waals surface area (Å²) in [6.45, 7) is -0.390. The summed E-state index contributed by atoms with van der Waals surface area (Å²) in [5, 5.41) is 12.4. The van der Waals surface area contributed by atoms with Gasteiger partial charge in [-0.3, -0.25) is 9.59 Å². The second-order valence-electron chi connectivity index (χ2n) is 5.44. The van der Waals surface area contributed by atoms with Crippen LogP contribution in [0.25, 0.3) is 10.2 Å². The van der Waals surface area contributed by atoms with Crippen molar-refractivity contribution in [3.63, 3.8) is 0 Å². The van der Waals surface area contributed by atoms with E-state index in [1.54, 1.807) is 35.6 Å². The Morgan fingerprint density at radius 1 is 1.15 bits per heavy atom. The molecule has 1 heterocycles. The molecule has 1 aromatic heterocycles. The van der Waals surface area contributed by atoms with Crippen LogP contribution in [0.3, 0.4) is 0 Å². The van der Waals surface area contributed by atoms with Gasteiger partial charge in [0.15, 0.2) is 6.61 Å². The molecule has 0 fully saturated rings. The maximum Gasteiger partial charge on any atom is 0.306 e. The number of carbonyl (C=O) groups excluding carboxylic acids is 2. The number of aryl methyl sites for hydroxylation is 1. The third-order valence-corrected chi connectivity index (χ3v) is 4.66. The lowest BCUT2D eigenvalue weighted by atomic mass is 10.2. The molecular formula is C19H15N3O3S. The summed E-state index contributed by atoms with van der Waals surface area (Å²) < 4.78 is 6.06. The van der Waals surface area contributed by atoms with Gasteiger partial charge in [-0.05, 0) is 24.3 Å². The zero-order valence-electron chi connectivity index (χ0n) is 13.8. The molecule has 0 bridgehead atoms. The number of amides is 1. The molecule has 0 atom stereocenters. The number of thiazole rings is 1. The SMILES string of the molecule is N#Cc1ccccc1NC(=O)COC(=O)CCc1nc2ccccc2s1. The predicted molar refractivity (Wildman–Crippen MR) is 98.7 cm³/mol. The molecule has 130 valence electrons. The molecule has 0 aliphatic heterocycles. The number of carbonyl (C=O) groups is 2. The fourth-order valence-corrected chi connectivity index (χ4v) is 3.30. The highest BCUT2D eigenvalue weighted by Gasteiger charge is 2.11. The van der Waals surface area contributed by atoms with Gasteiger partial charge in [0, 0.05) is 6.42 Å². The van der Waals surface area contributed by atoms with Gasteiger partial charge in [0.2, 0.25) is 0 Å². The molecule has 0 radical (unpaired) electrons. The van der Waals surface area contributed by atoms with Crippen LogP contribution >= 0.6 is 11.3 Å². The minimum absolute atomic E-state index is 0.155. The second kappa shape index (κ2) is 8.23. The van der Waals surface area contributed by atoms with Crippen molar-refractivity contribution in [1.29, 1.82) is 5.26 Å². The van der Waals surface area contributed by atoms with Gasteiger partial charge in [-0.15, -0.1) is 11.3 Å². The molecule has 0 aliphatic carbocycles. The van der Waals surface area contributed by atoms with Gasteiger partial charge in [0.05, 0.1) is 32.9 Å². The molecule has 0 aliphatic rings. The van der Waals surface area contributed by atoms with E-state index in [0.29, 0.717) is 17.7 Å². The highest BCUT2D eigenvalue weighted by molar-refractivity contribution is 7.18. The summed E-state index contributed by atoms with van der Waals surface area (Å²) in [5.41, 5.74) is 1.66. The smallest absolute Gasteiger partial charge is 0.306 e. The van der Waals surface area contributed by atoms with E-state index < -0.39 is 18.5 Å². The fraction of sp³-hybridized carbons (Fsp3) is 0.158. The van der Waals surface area contributed by atoms with Crippen molar-refractivity contribution in [2.45, 2.75) is 12.8 Å². The first kappa shape index (κ1) is 17.6. The van der Waals surface area contributed by atoms with Gasteiger partial charge in [0.1, 0.15) is 6.07 Å². The van der Waals surface area contributed by atoms with Gasteiger partial charge in [-0.2, -0.15) is 5.26 Å². The van der Waals surface area contributed by atoms with Crippen LogP contribution < -0.4 is 5.32 Å². The Kier molecular flexibility index (Phi) is 5.56. The van der Waals surface area contributed by atoms with Gasteiger partial charge in [-0.25, -0.2) is 4.98 Å². The van der Waals surface area contributed by atoms with Crippen LogP contribution in [-0.4, -0.2) is 23.5 Å². The first-order valence-electron chi connectivity index (χ1n) is 7.95. The first-order valence-corrected chi connectivity index (χ1v) is 8.76. The van der Waals surface area contributed by atoms with Crippen molar-refractivity contribution < 1.29 is 14.3 Å². The lowest BCUT2D eigenvalue weighted by molar-refractivity contribution is -0.147. The molecule has 3 aromatic rings. The van der Waals surface area contributed by atoms with Crippen molar-refractivity contribution in [2.24, 2.45) is 0 Å². The molecular weight excluding hydrogens is 350 g/mol. The van der Waals surface area contributed by atoms with Crippen LogP contribution in [0.5, 0.6) is 0 Å². The Labute approximate surface area is 154 Å². The minimum Gasteiger partial charge on any atom is -0.456 e. The van der Waals surface area contributed by atoms with Crippen molar-refractivity contribution in [3.8, 4) is 6.07 Å². The molecule has 0 unspecified atom stereocenters. The van der Waals surface area contributed by atoms with E-state index in [1.165, 1.54) is 0 Å². The Bertz CT molecular complexity index is 958. The Balaban J connectivity index is 1.46. The molecule has 6 nitrogen and oxygen atoms in total. The van der Waals surface area contributed by atoms with Crippen LogP contribution in [0.15, 0.2) is 48.5 Å². The summed E-state index contributed by atoms with van der Waals surface area (Å²) in [6, 6.07) is 16.4. The maximum absolute atomic E-state index is 11.9. The van der Waals surface area contributed by atoms with Crippen LogP contribution in [-0.2, 0) is 20.7 Å². The number of nitrogens with one attached hydrogen (secondary N) is 1. The third kappa shape index (κ3) is 4.43. The molecule has 1 N–H and O–H groups in total. The van der Waals surface area contributed by atoms with E-state index >= 15 is 0 Å². The number of ether oxygens (including phenoxy) is 1. The van der Waals surface area contributed by atoms with Crippen LogP contribution in [0.4, 0.5) is 5.69 Å². The molecule has 0 saturated heterocycles. The third-order valence-electron chi connectivity index (χ3n) is 3.57. The molecule has 1 amide bonds. The number of rotatable bonds is 6. The molecule has 7 heteroatoms. The van der Waals surface area contributed by atoms with E-state index in [0.717, 1.165) is 15.2 Å². The number of anilines is 1. The molecule has 2 aromatic carbocycles. The summed E-state index contributed by atoms with van der Waals surface area (Å²) in [4.78, 5) is 28.2. The number of benzene rings is 2. The monoisotopic (exact) mass is 365 g/mol. The quantitative estimate of drug-likeness (QED) is 0.677. The Morgan fingerprint density at radius 2 is 1.92 bits per heavy atom. The highest BCUT2D eigenvalue weighted by Crippen LogP contribution is 2.22. The lowest BCUT2D eigenvalue weighted by Gasteiger charge is -2.07. The van der Waals surface area contributed by atoms with Crippen molar-refractivity contribution in [2.75, 3.05) is 11.9 Å². The number of hydrogen-bond acceptors (Lipinski definition) is 6. The van der Waals surface area contributed by atoms with Crippen LogP contribution in [0.1, 0.15) is 17.0 Å². The predicted octanol–water partition coefficient (Wildman–Crippen LogP) is 3.28. The van der Waals surface area contributed by atoms with E-state index in [4.69, 9.17) is 10.00 Å². The zero-order chi connectivity index (χ0) is 18.4. The summed E-state index contributed by atoms with van der Waals surface area (Å²) in [6.07, 6.45) is 0.624. The van der Waals surface area contributed by atoms with Gasteiger partial charge >= 0.3 is 5.97 Å². The number of aromatic nitrogens is 1. The number of nitriles is 1. The summed E-state index contributed by atoms with van der Waals surface area (Å²) >= 11 is 1.54. The number of nitrogens with zero attached hydrogens (tertiary/aromatic N) is 2. The van der Waals surface area contributed by atoms with Crippen molar-refractivity contribution >= 4 is 39.1 Å². The van der Waals surface area contributed by atoms with Gasteiger partial charge in [-0.1, -0.05) is 24.3 Å². The average Bonchev–Trinajstić information content (AvgIpc) is 3.08. The maximum atomic E-state index is 11.9. The van der Waals surface area contributed by atoms with E-state index in [2.05, 4.69) is 10.3 Å². The molecule has 0 saturated carbocycles. The van der Waals surface area contributed by atoms with Crippen molar-refractivity contribution in [3.05, 3.63) is 59.1 Å². The van der Waals surface area contributed by atoms with Gasteiger partial charge in [0.25, 0.3) is 5.91 Å². The Hall–Kier alpha value is -3.24. The fourth-order valence-electron chi connectivity index (χ4n) is 2.33. The first-order chi connectivity index (χ1) is 12.7. The number of hydrogen-bond donors (Lipinski definition) is 1. The van der Waals surface area contributed by atoms with Crippen molar-refractivity contribution in [1.82, 2.24) is 4.98 Å². The highest BCUT2D eigenvalue weighted by atomic mass is 32.1. The van der Waals surface area contributed by atoms with E-state index in [9.17, 15) is 9.59 Å². The average molecular weight is 365 g/mol. The van der Waals surface area contributed by atoms with Crippen LogP contribution in [0.2, 0.25) is 0 Å². The van der Waals surface area contributed by atoms with Gasteiger partial charge < -0.3 is 10.1 Å². The largest absolute Gasteiger partial charge is 0.456 e. The number of fused-ring (bicyclic) bond motifs is 1. The normalized spacial score (nSPS) is 10.3.